The van der Waals surface area contributed by atoms with Crippen LogP contribution >= 0.6 is 0 Å². The average Bonchev–Trinajstić information content (AvgIpc) is 2.69. The standard InChI is InChI=1S/C26H33F3N2O3/c1-14-19(16-12-17(27)21(29)18(28)13-16)22(31-10-8-26(6,7)9-11-31)20(15(2)30-14)23(24(32)33)34-25(3,4)5/h12-13,23H,8-11H2,1-7H3,(H,32,33)/t23-/m0/s1. The van der Waals surface area contributed by atoms with Crippen molar-refractivity contribution in [2.24, 2.45) is 5.41 Å². The van der Waals surface area contributed by atoms with Crippen LogP contribution in [-0.2, 0) is 9.53 Å². The van der Waals surface area contributed by atoms with E-state index in [-0.39, 0.29) is 11.0 Å². The van der Waals surface area contributed by atoms with E-state index in [2.05, 4.69) is 18.8 Å². The van der Waals surface area contributed by atoms with E-state index in [0.29, 0.717) is 41.3 Å². The number of ether oxygens (including phenoxy) is 1. The van der Waals surface area contributed by atoms with Crippen molar-refractivity contribution < 1.29 is 27.8 Å². The maximum atomic E-state index is 14.3. The zero-order valence-electron chi connectivity index (χ0n) is 20.9. The summed E-state index contributed by atoms with van der Waals surface area (Å²) in [5.74, 6) is -5.38. The van der Waals surface area contributed by atoms with E-state index < -0.39 is 35.1 Å². The van der Waals surface area contributed by atoms with Crippen molar-refractivity contribution >= 4 is 11.7 Å². The molecule has 34 heavy (non-hydrogen) atoms. The molecule has 0 saturated carbocycles. The van der Waals surface area contributed by atoms with Crippen molar-refractivity contribution in [1.82, 2.24) is 4.98 Å². The SMILES string of the molecule is Cc1nc(C)c([C@H](OC(C)(C)C)C(=O)O)c(N2CCC(C)(C)CC2)c1-c1cc(F)c(F)c(F)c1. The summed E-state index contributed by atoms with van der Waals surface area (Å²) in [6.07, 6.45) is 0.332. The molecule has 2 heterocycles. The summed E-state index contributed by atoms with van der Waals surface area (Å²) < 4.78 is 48.2. The lowest BCUT2D eigenvalue weighted by Gasteiger charge is -2.41. The summed E-state index contributed by atoms with van der Waals surface area (Å²) in [4.78, 5) is 19.0. The molecular weight excluding hydrogens is 445 g/mol. The van der Waals surface area contributed by atoms with Crippen molar-refractivity contribution in [2.45, 2.75) is 73.0 Å². The molecule has 1 N–H and O–H groups in total. The van der Waals surface area contributed by atoms with Crippen LogP contribution in [0.25, 0.3) is 11.1 Å². The Morgan fingerprint density at radius 3 is 2.09 bits per heavy atom. The number of carboxylic acids is 1. The minimum Gasteiger partial charge on any atom is -0.479 e. The molecule has 0 aliphatic carbocycles. The molecule has 1 fully saturated rings. The fraction of sp³-hybridized carbons (Fsp3) is 0.538. The zero-order chi connectivity index (χ0) is 25.6. The van der Waals surface area contributed by atoms with Crippen LogP contribution in [0.1, 0.15) is 70.5 Å². The summed E-state index contributed by atoms with van der Waals surface area (Å²) in [6.45, 7) is 14.2. The number of carbonyl (C=O) groups is 1. The number of aryl methyl sites for hydroxylation is 2. The molecule has 1 saturated heterocycles. The topological polar surface area (TPSA) is 62.7 Å². The third-order valence-corrected chi connectivity index (χ3v) is 6.24. The Hall–Kier alpha value is -2.61. The van der Waals surface area contributed by atoms with Gasteiger partial charge in [0, 0.05) is 35.6 Å². The Bertz CT molecular complexity index is 1080. The maximum Gasteiger partial charge on any atom is 0.337 e. The molecular formula is C26H33F3N2O3. The predicted octanol–water partition coefficient (Wildman–Crippen LogP) is 6.35. The van der Waals surface area contributed by atoms with Crippen molar-refractivity contribution in [2.75, 3.05) is 18.0 Å². The normalized spacial score (nSPS) is 17.1. The number of piperidine rings is 1. The van der Waals surface area contributed by atoms with Gasteiger partial charge in [0.2, 0.25) is 0 Å². The van der Waals surface area contributed by atoms with Gasteiger partial charge in [-0.2, -0.15) is 0 Å². The van der Waals surface area contributed by atoms with Gasteiger partial charge >= 0.3 is 5.97 Å². The van der Waals surface area contributed by atoms with Crippen molar-refractivity contribution in [3.8, 4) is 11.1 Å². The lowest BCUT2D eigenvalue weighted by Crippen LogP contribution is -2.39. The van der Waals surface area contributed by atoms with Gasteiger partial charge in [-0.05, 0) is 70.6 Å². The van der Waals surface area contributed by atoms with Crippen LogP contribution in [0.5, 0.6) is 0 Å². The third kappa shape index (κ3) is 5.37. The maximum absolute atomic E-state index is 14.3. The first-order valence-corrected chi connectivity index (χ1v) is 11.4. The van der Waals surface area contributed by atoms with Gasteiger partial charge < -0.3 is 14.7 Å². The molecule has 1 aromatic carbocycles. The van der Waals surface area contributed by atoms with E-state index in [4.69, 9.17) is 4.74 Å². The lowest BCUT2D eigenvalue weighted by atomic mass is 9.81. The Labute approximate surface area is 199 Å². The number of halogens is 3. The molecule has 5 nitrogen and oxygen atoms in total. The highest BCUT2D eigenvalue weighted by molar-refractivity contribution is 5.88. The zero-order valence-corrected chi connectivity index (χ0v) is 20.9. The second-order valence-electron chi connectivity index (χ2n) is 10.8. The number of hydrogen-bond acceptors (Lipinski definition) is 4. The van der Waals surface area contributed by atoms with Gasteiger partial charge in [0.15, 0.2) is 23.6 Å². The van der Waals surface area contributed by atoms with Gasteiger partial charge in [0.25, 0.3) is 0 Å². The Kier molecular flexibility index (Phi) is 7.04. The van der Waals surface area contributed by atoms with Crippen molar-refractivity contribution in [3.05, 3.63) is 46.5 Å². The van der Waals surface area contributed by atoms with Crippen LogP contribution in [0.3, 0.4) is 0 Å². The third-order valence-electron chi connectivity index (χ3n) is 6.24. The number of hydrogen-bond donors (Lipinski definition) is 1. The van der Waals surface area contributed by atoms with E-state index in [1.165, 1.54) is 0 Å². The van der Waals surface area contributed by atoms with Crippen LogP contribution in [0, 0.1) is 36.7 Å². The van der Waals surface area contributed by atoms with Crippen LogP contribution < -0.4 is 4.90 Å². The molecule has 1 aliphatic rings. The first-order valence-electron chi connectivity index (χ1n) is 11.4. The highest BCUT2D eigenvalue weighted by Gasteiger charge is 2.36. The van der Waals surface area contributed by atoms with Gasteiger partial charge in [-0.25, -0.2) is 18.0 Å². The molecule has 1 aliphatic heterocycles. The number of benzene rings is 1. The largest absolute Gasteiger partial charge is 0.479 e. The van der Waals surface area contributed by atoms with Crippen molar-refractivity contribution in [3.63, 3.8) is 0 Å². The molecule has 3 rings (SSSR count). The molecule has 1 atom stereocenters. The van der Waals surface area contributed by atoms with E-state index in [0.717, 1.165) is 25.0 Å². The monoisotopic (exact) mass is 478 g/mol. The molecule has 0 radical (unpaired) electrons. The molecule has 2 aromatic rings. The summed E-state index contributed by atoms with van der Waals surface area (Å²) in [5, 5.41) is 10.1. The summed E-state index contributed by atoms with van der Waals surface area (Å²) in [5.41, 5.74) is 1.58. The van der Waals surface area contributed by atoms with Gasteiger partial charge in [0.05, 0.1) is 11.3 Å². The fourth-order valence-corrected chi connectivity index (χ4v) is 4.45. The number of rotatable bonds is 5. The van der Waals surface area contributed by atoms with Gasteiger partial charge in [0.1, 0.15) is 0 Å². The second-order valence-corrected chi connectivity index (χ2v) is 10.8. The van der Waals surface area contributed by atoms with Crippen LogP contribution in [-0.4, -0.2) is 34.8 Å². The highest BCUT2D eigenvalue weighted by Crippen LogP contribution is 2.45. The summed E-state index contributed by atoms with van der Waals surface area (Å²) >= 11 is 0. The highest BCUT2D eigenvalue weighted by atomic mass is 19.2. The predicted molar refractivity (Wildman–Crippen MR) is 125 cm³/mol. The Morgan fingerprint density at radius 1 is 1.09 bits per heavy atom. The molecule has 1 aromatic heterocycles. The van der Waals surface area contributed by atoms with E-state index >= 15 is 0 Å². The molecule has 8 heteroatoms. The van der Waals surface area contributed by atoms with E-state index in [1.807, 2.05) is 4.90 Å². The number of pyridine rings is 1. The summed E-state index contributed by atoms with van der Waals surface area (Å²) in [7, 11) is 0. The second kappa shape index (κ2) is 9.21. The van der Waals surface area contributed by atoms with Gasteiger partial charge in [-0.3, -0.25) is 4.98 Å². The molecule has 0 spiro atoms. The quantitative estimate of drug-likeness (QED) is 0.508. The van der Waals surface area contributed by atoms with Crippen LogP contribution in [0.15, 0.2) is 12.1 Å². The molecule has 0 bridgehead atoms. The number of aromatic nitrogens is 1. The average molecular weight is 479 g/mol. The summed E-state index contributed by atoms with van der Waals surface area (Å²) in [6, 6.07) is 1.86. The minimum absolute atomic E-state index is 0.0994. The smallest absolute Gasteiger partial charge is 0.337 e. The first-order chi connectivity index (χ1) is 15.6. The van der Waals surface area contributed by atoms with Gasteiger partial charge in [-0.1, -0.05) is 13.8 Å². The van der Waals surface area contributed by atoms with E-state index in [1.54, 1.807) is 34.6 Å². The molecule has 0 unspecified atom stereocenters. The fourth-order valence-electron chi connectivity index (χ4n) is 4.45. The molecule has 0 amide bonds. The Balaban J connectivity index is 2.35. The van der Waals surface area contributed by atoms with Gasteiger partial charge in [-0.15, -0.1) is 0 Å². The number of anilines is 1. The lowest BCUT2D eigenvalue weighted by molar-refractivity contribution is -0.160. The number of aliphatic carboxylic acids is 1. The van der Waals surface area contributed by atoms with E-state index in [9.17, 15) is 23.1 Å². The minimum atomic E-state index is -1.55. The van der Waals surface area contributed by atoms with Crippen LogP contribution in [0.4, 0.5) is 18.9 Å². The molecule has 186 valence electrons. The number of nitrogens with zero attached hydrogens (tertiary/aromatic N) is 2. The number of carboxylic acid groups (broad SMARTS) is 1. The Morgan fingerprint density at radius 2 is 1.62 bits per heavy atom. The van der Waals surface area contributed by atoms with Crippen molar-refractivity contribution in [1.29, 1.82) is 0 Å². The first kappa shape index (κ1) is 26.0. The van der Waals surface area contributed by atoms with Crippen LogP contribution in [0.2, 0.25) is 0 Å².